The molecule has 1 amide bonds. The van der Waals surface area contributed by atoms with E-state index in [0.717, 1.165) is 33.2 Å². The second-order valence-corrected chi connectivity index (χ2v) is 9.66. The molecule has 0 aliphatic heterocycles. The van der Waals surface area contributed by atoms with Crippen LogP contribution in [0.2, 0.25) is 0 Å². The number of benzene rings is 4. The Morgan fingerprint density at radius 2 is 1.43 bits per heavy atom. The second-order valence-electron chi connectivity index (χ2n) is 9.66. The summed E-state index contributed by atoms with van der Waals surface area (Å²) in [4.78, 5) is 13.3. The molecule has 0 aliphatic carbocycles. The average Bonchev–Trinajstić information content (AvgIpc) is 3.34. The number of nitrogens with one attached hydrogen (secondary N) is 1. The lowest BCUT2D eigenvalue weighted by atomic mass is 9.87. The van der Waals surface area contributed by atoms with Gasteiger partial charge in [0.25, 0.3) is 0 Å². The van der Waals surface area contributed by atoms with Gasteiger partial charge in [-0.3, -0.25) is 4.79 Å². The smallest absolute Gasteiger partial charge is 0.221 e. The molecule has 0 unspecified atom stereocenters. The van der Waals surface area contributed by atoms with Crippen LogP contribution in [-0.2, 0) is 17.9 Å². The molecule has 1 aromatic heterocycles. The number of hydrogen-bond acceptors (Lipinski definition) is 3. The Morgan fingerprint density at radius 1 is 0.825 bits per heavy atom. The van der Waals surface area contributed by atoms with Gasteiger partial charge in [-0.15, -0.1) is 0 Å². The first kappa shape index (κ1) is 26.9. The zero-order valence-electron chi connectivity index (χ0n) is 22.4. The van der Waals surface area contributed by atoms with Crippen molar-refractivity contribution in [2.45, 2.75) is 25.4 Å². The van der Waals surface area contributed by atoms with Crippen LogP contribution in [0.5, 0.6) is 11.5 Å². The van der Waals surface area contributed by atoms with Gasteiger partial charge in [-0.05, 0) is 64.7 Å². The third kappa shape index (κ3) is 6.15. The third-order valence-corrected chi connectivity index (χ3v) is 7.03. The van der Waals surface area contributed by atoms with Crippen molar-refractivity contribution in [2.24, 2.45) is 0 Å². The Kier molecular flexibility index (Phi) is 8.10. The van der Waals surface area contributed by atoms with Crippen molar-refractivity contribution >= 4 is 16.8 Å². The SMILES string of the molecule is COc1cc(OC)cc([C@@H](CC(=O)NCc2ccc(F)cc2)c2cn(Cc3ccc(F)cc3)c3ccccc23)c1. The van der Waals surface area contributed by atoms with Gasteiger partial charge in [0, 0.05) is 48.6 Å². The highest BCUT2D eigenvalue weighted by Crippen LogP contribution is 2.38. The molecule has 5 aromatic rings. The van der Waals surface area contributed by atoms with Crippen molar-refractivity contribution in [1.29, 1.82) is 0 Å². The molecule has 1 atom stereocenters. The average molecular weight is 541 g/mol. The number of carbonyl (C=O) groups excluding carboxylic acids is 1. The molecule has 204 valence electrons. The minimum Gasteiger partial charge on any atom is -0.497 e. The molecule has 0 bridgehead atoms. The van der Waals surface area contributed by atoms with Crippen LogP contribution in [0.25, 0.3) is 10.9 Å². The number of aromatic nitrogens is 1. The van der Waals surface area contributed by atoms with Crippen molar-refractivity contribution < 1.29 is 23.0 Å². The summed E-state index contributed by atoms with van der Waals surface area (Å²) in [5.74, 6) is 0.185. The van der Waals surface area contributed by atoms with Crippen LogP contribution in [0.3, 0.4) is 0 Å². The van der Waals surface area contributed by atoms with E-state index in [9.17, 15) is 13.6 Å². The van der Waals surface area contributed by atoms with Crippen LogP contribution in [0.15, 0.2) is 97.2 Å². The molecule has 0 fully saturated rings. The molecule has 1 heterocycles. The lowest BCUT2D eigenvalue weighted by Crippen LogP contribution is -2.25. The summed E-state index contributed by atoms with van der Waals surface area (Å²) in [7, 11) is 3.19. The Bertz CT molecular complexity index is 1590. The molecule has 5 rings (SSSR count). The molecule has 4 aromatic carbocycles. The number of carbonyl (C=O) groups is 1. The van der Waals surface area contributed by atoms with Gasteiger partial charge >= 0.3 is 0 Å². The number of fused-ring (bicyclic) bond motifs is 1. The molecule has 0 saturated heterocycles. The van der Waals surface area contributed by atoms with E-state index < -0.39 is 0 Å². The maximum Gasteiger partial charge on any atom is 0.221 e. The van der Waals surface area contributed by atoms with E-state index in [2.05, 4.69) is 16.1 Å². The molecule has 7 heteroatoms. The van der Waals surface area contributed by atoms with Gasteiger partial charge in [0.15, 0.2) is 0 Å². The van der Waals surface area contributed by atoms with E-state index in [-0.39, 0.29) is 29.9 Å². The van der Waals surface area contributed by atoms with Gasteiger partial charge in [-0.25, -0.2) is 8.78 Å². The van der Waals surface area contributed by atoms with E-state index in [1.165, 1.54) is 24.3 Å². The van der Waals surface area contributed by atoms with Gasteiger partial charge in [-0.1, -0.05) is 42.5 Å². The first-order valence-electron chi connectivity index (χ1n) is 13.0. The Hall–Kier alpha value is -4.65. The number of rotatable bonds is 10. The van der Waals surface area contributed by atoms with Gasteiger partial charge < -0.3 is 19.4 Å². The largest absolute Gasteiger partial charge is 0.497 e. The topological polar surface area (TPSA) is 52.5 Å². The maximum absolute atomic E-state index is 13.5. The second kappa shape index (κ2) is 12.0. The van der Waals surface area contributed by atoms with Crippen molar-refractivity contribution in [3.05, 3.63) is 131 Å². The van der Waals surface area contributed by atoms with Gasteiger partial charge in [0.2, 0.25) is 5.91 Å². The molecule has 0 saturated carbocycles. The van der Waals surface area contributed by atoms with Gasteiger partial charge in [-0.2, -0.15) is 0 Å². The number of ether oxygens (including phenoxy) is 2. The van der Waals surface area contributed by atoms with E-state index in [1.807, 2.05) is 36.4 Å². The third-order valence-electron chi connectivity index (χ3n) is 7.03. The lowest BCUT2D eigenvalue weighted by Gasteiger charge is -2.19. The van der Waals surface area contributed by atoms with E-state index in [1.54, 1.807) is 44.6 Å². The van der Waals surface area contributed by atoms with E-state index in [0.29, 0.717) is 24.6 Å². The number of methoxy groups -OCH3 is 2. The predicted octanol–water partition coefficient (Wildman–Crippen LogP) is 6.82. The normalized spacial score (nSPS) is 11.8. The fourth-order valence-corrected chi connectivity index (χ4v) is 4.97. The molecule has 5 nitrogen and oxygen atoms in total. The van der Waals surface area contributed by atoms with Gasteiger partial charge in [0.05, 0.1) is 14.2 Å². The summed E-state index contributed by atoms with van der Waals surface area (Å²) < 4.78 is 40.0. The molecular formula is C33H30F2N2O3. The standard InChI is InChI=1S/C33H30F2N2O3/c1-39-27-15-24(16-28(17-27)40-2)30(18-33(38)36-19-22-7-11-25(34)12-8-22)31-21-37(32-6-4-3-5-29(31)32)20-23-9-13-26(35)14-10-23/h3-17,21,30H,18-20H2,1-2H3,(H,36,38)/t30-/m1/s1. The highest BCUT2D eigenvalue weighted by Gasteiger charge is 2.24. The summed E-state index contributed by atoms with van der Waals surface area (Å²) >= 11 is 0. The Morgan fingerprint density at radius 3 is 2.05 bits per heavy atom. The number of nitrogens with zero attached hydrogens (tertiary/aromatic N) is 1. The van der Waals surface area contributed by atoms with Crippen LogP contribution in [-0.4, -0.2) is 24.7 Å². The Labute approximate surface area is 232 Å². The zero-order chi connectivity index (χ0) is 28.1. The minimum atomic E-state index is -0.323. The summed E-state index contributed by atoms with van der Waals surface area (Å²) in [6.07, 6.45) is 2.24. The fourth-order valence-electron chi connectivity index (χ4n) is 4.97. The minimum absolute atomic E-state index is 0.147. The van der Waals surface area contributed by atoms with Crippen molar-refractivity contribution in [3.63, 3.8) is 0 Å². The van der Waals surface area contributed by atoms with Crippen molar-refractivity contribution in [1.82, 2.24) is 9.88 Å². The van der Waals surface area contributed by atoms with E-state index in [4.69, 9.17) is 9.47 Å². The van der Waals surface area contributed by atoms with Crippen LogP contribution < -0.4 is 14.8 Å². The highest BCUT2D eigenvalue weighted by molar-refractivity contribution is 5.87. The Balaban J connectivity index is 1.53. The number of amides is 1. The highest BCUT2D eigenvalue weighted by atomic mass is 19.1. The monoisotopic (exact) mass is 540 g/mol. The van der Waals surface area contributed by atoms with E-state index >= 15 is 0 Å². The molecule has 1 N–H and O–H groups in total. The van der Waals surface area contributed by atoms with Crippen LogP contribution in [0.1, 0.15) is 34.6 Å². The first-order chi connectivity index (χ1) is 19.4. The maximum atomic E-state index is 13.5. The molecule has 0 spiro atoms. The van der Waals surface area contributed by atoms with Gasteiger partial charge in [0.1, 0.15) is 23.1 Å². The summed E-state index contributed by atoms with van der Waals surface area (Å²) in [5, 5.41) is 4.00. The van der Waals surface area contributed by atoms with Crippen LogP contribution in [0, 0.1) is 11.6 Å². The quantitative estimate of drug-likeness (QED) is 0.211. The fraction of sp³-hybridized carbons (Fsp3) is 0.182. The summed E-state index contributed by atoms with van der Waals surface area (Å²) in [6.45, 7) is 0.839. The van der Waals surface area contributed by atoms with Crippen LogP contribution >= 0.6 is 0 Å². The number of para-hydroxylation sites is 1. The lowest BCUT2D eigenvalue weighted by molar-refractivity contribution is -0.121. The predicted molar refractivity (Wildman–Crippen MR) is 152 cm³/mol. The van der Waals surface area contributed by atoms with Crippen LogP contribution in [0.4, 0.5) is 8.78 Å². The zero-order valence-corrected chi connectivity index (χ0v) is 22.4. The molecule has 40 heavy (non-hydrogen) atoms. The van der Waals surface area contributed by atoms with Crippen molar-refractivity contribution in [2.75, 3.05) is 14.2 Å². The summed E-state index contributed by atoms with van der Waals surface area (Å²) in [5.41, 5.74) is 4.63. The first-order valence-corrected chi connectivity index (χ1v) is 13.0. The molecule has 0 aliphatic rings. The van der Waals surface area contributed by atoms with Crippen molar-refractivity contribution in [3.8, 4) is 11.5 Å². The molecular weight excluding hydrogens is 510 g/mol. The number of hydrogen-bond donors (Lipinski definition) is 1. The number of halogens is 2. The molecule has 0 radical (unpaired) electrons. The summed E-state index contributed by atoms with van der Waals surface area (Å²) in [6, 6.07) is 26.2.